The maximum atomic E-state index is 12.3. The zero-order chi connectivity index (χ0) is 18.3. The molecule has 2 aliphatic rings. The van der Waals surface area contributed by atoms with Crippen LogP contribution in [0.2, 0.25) is 0 Å². The maximum Gasteiger partial charge on any atom is 0.348 e. The molecule has 2 saturated heterocycles. The third-order valence-electron chi connectivity index (χ3n) is 5.46. The quantitative estimate of drug-likeness (QED) is 0.766. The van der Waals surface area contributed by atoms with E-state index in [0.29, 0.717) is 17.5 Å². The summed E-state index contributed by atoms with van der Waals surface area (Å²) in [6.45, 7) is 10.6. The van der Waals surface area contributed by atoms with Gasteiger partial charge in [0.1, 0.15) is 21.3 Å². The zero-order valence-corrected chi connectivity index (χ0v) is 16.6. The van der Waals surface area contributed by atoms with E-state index in [2.05, 4.69) is 14.8 Å². The molecule has 0 radical (unpaired) electrons. The van der Waals surface area contributed by atoms with Crippen molar-refractivity contribution in [2.24, 2.45) is 0 Å². The van der Waals surface area contributed by atoms with Gasteiger partial charge in [-0.1, -0.05) is 0 Å². The largest absolute Gasteiger partial charge is 0.462 e. The number of carbonyl (C=O) groups excluding carboxylic acids is 1. The molecule has 6 nitrogen and oxygen atoms in total. The summed E-state index contributed by atoms with van der Waals surface area (Å²) in [6.07, 6.45) is 3.82. The van der Waals surface area contributed by atoms with Crippen LogP contribution in [0.15, 0.2) is 0 Å². The molecule has 7 heteroatoms. The van der Waals surface area contributed by atoms with Crippen LogP contribution in [0.1, 0.15) is 47.2 Å². The molecule has 1 atom stereocenters. The molecule has 0 aromatic carbocycles. The van der Waals surface area contributed by atoms with Crippen molar-refractivity contribution < 1.29 is 9.53 Å². The number of thiophene rings is 1. The number of fused-ring (bicyclic) bond motifs is 1. The van der Waals surface area contributed by atoms with Crippen molar-refractivity contribution in [2.75, 3.05) is 37.7 Å². The Hall–Kier alpha value is -1.73. The van der Waals surface area contributed by atoms with E-state index in [0.717, 1.165) is 40.5 Å². The van der Waals surface area contributed by atoms with E-state index in [-0.39, 0.29) is 5.97 Å². The molecular weight excluding hydrogens is 348 g/mol. The Bertz CT molecular complexity index is 829. The number of anilines is 1. The molecule has 1 unspecified atom stereocenters. The third-order valence-corrected chi connectivity index (χ3v) is 6.63. The van der Waals surface area contributed by atoms with E-state index in [4.69, 9.17) is 9.72 Å². The highest BCUT2D eigenvalue weighted by atomic mass is 32.1. The SMILES string of the molecule is CCOC(=O)c1sc2nc(C)nc(N3CCC(N4CCCC4)C3)c2c1C. The Labute approximate surface area is 158 Å². The van der Waals surface area contributed by atoms with Gasteiger partial charge in [0.15, 0.2) is 0 Å². The van der Waals surface area contributed by atoms with Gasteiger partial charge >= 0.3 is 5.97 Å². The first-order valence-electron chi connectivity index (χ1n) is 9.52. The first-order chi connectivity index (χ1) is 12.6. The average molecular weight is 375 g/mol. The fourth-order valence-corrected chi connectivity index (χ4v) is 5.30. The summed E-state index contributed by atoms with van der Waals surface area (Å²) in [5.74, 6) is 1.49. The molecule has 26 heavy (non-hydrogen) atoms. The van der Waals surface area contributed by atoms with Crippen LogP contribution < -0.4 is 4.90 Å². The molecule has 0 bridgehead atoms. The van der Waals surface area contributed by atoms with Gasteiger partial charge in [-0.3, -0.25) is 4.90 Å². The van der Waals surface area contributed by atoms with Gasteiger partial charge < -0.3 is 9.64 Å². The summed E-state index contributed by atoms with van der Waals surface area (Å²) in [7, 11) is 0. The summed E-state index contributed by atoms with van der Waals surface area (Å²) in [4.78, 5) is 28.2. The number of hydrogen-bond donors (Lipinski definition) is 0. The zero-order valence-electron chi connectivity index (χ0n) is 15.7. The number of rotatable bonds is 4. The lowest BCUT2D eigenvalue weighted by Gasteiger charge is -2.24. The van der Waals surface area contributed by atoms with E-state index >= 15 is 0 Å². The summed E-state index contributed by atoms with van der Waals surface area (Å²) in [6, 6.07) is 0.617. The second kappa shape index (κ2) is 7.12. The summed E-state index contributed by atoms with van der Waals surface area (Å²) >= 11 is 1.42. The molecule has 4 rings (SSSR count). The molecule has 0 N–H and O–H groups in total. The summed E-state index contributed by atoms with van der Waals surface area (Å²) < 4.78 is 5.22. The Morgan fingerprint density at radius 1 is 1.23 bits per heavy atom. The molecule has 0 aliphatic carbocycles. The summed E-state index contributed by atoms with van der Waals surface area (Å²) in [5, 5.41) is 1.02. The van der Waals surface area contributed by atoms with Gasteiger partial charge in [-0.05, 0) is 58.7 Å². The highest BCUT2D eigenvalue weighted by molar-refractivity contribution is 7.20. The minimum Gasteiger partial charge on any atom is -0.462 e. The first-order valence-corrected chi connectivity index (χ1v) is 10.3. The van der Waals surface area contributed by atoms with Crippen molar-refractivity contribution in [3.05, 3.63) is 16.3 Å². The number of aryl methyl sites for hydroxylation is 2. The monoisotopic (exact) mass is 374 g/mol. The number of ether oxygens (including phenoxy) is 1. The van der Waals surface area contributed by atoms with Gasteiger partial charge in [0.25, 0.3) is 0 Å². The van der Waals surface area contributed by atoms with E-state index < -0.39 is 0 Å². The topological polar surface area (TPSA) is 58.6 Å². The Kier molecular flexibility index (Phi) is 4.84. The number of hydrogen-bond acceptors (Lipinski definition) is 7. The maximum absolute atomic E-state index is 12.3. The second-order valence-corrected chi connectivity index (χ2v) is 8.18. The molecule has 0 spiro atoms. The molecule has 2 aliphatic heterocycles. The molecular formula is C19H26N4O2S. The van der Waals surface area contributed by atoms with Crippen molar-refractivity contribution in [1.29, 1.82) is 0 Å². The molecule has 2 fully saturated rings. The molecule has 4 heterocycles. The van der Waals surface area contributed by atoms with Gasteiger partial charge in [0.05, 0.1) is 12.0 Å². The van der Waals surface area contributed by atoms with E-state index in [9.17, 15) is 4.79 Å². The first kappa shape index (κ1) is 17.7. The minimum atomic E-state index is -0.257. The van der Waals surface area contributed by atoms with Gasteiger partial charge in [-0.15, -0.1) is 11.3 Å². The Morgan fingerprint density at radius 3 is 2.73 bits per heavy atom. The fourth-order valence-electron chi connectivity index (χ4n) is 4.18. The number of nitrogens with zero attached hydrogens (tertiary/aromatic N) is 4. The predicted molar refractivity (Wildman–Crippen MR) is 104 cm³/mol. The van der Waals surface area contributed by atoms with Crippen molar-refractivity contribution in [1.82, 2.24) is 14.9 Å². The van der Waals surface area contributed by atoms with Crippen molar-refractivity contribution >= 4 is 33.3 Å². The van der Waals surface area contributed by atoms with Crippen LogP contribution in [-0.2, 0) is 4.74 Å². The van der Waals surface area contributed by atoms with Crippen molar-refractivity contribution in [2.45, 2.75) is 46.1 Å². The van der Waals surface area contributed by atoms with Crippen LogP contribution in [0.4, 0.5) is 5.82 Å². The fraction of sp³-hybridized carbons (Fsp3) is 0.632. The van der Waals surface area contributed by atoms with Gasteiger partial charge in [0, 0.05) is 19.1 Å². The standard InChI is InChI=1S/C19H26N4O2S/c1-4-25-19(24)16-12(2)15-17(20-13(3)21-18(15)26-16)23-10-7-14(11-23)22-8-5-6-9-22/h14H,4-11H2,1-3H3. The van der Waals surface area contributed by atoms with Crippen LogP contribution in [0.5, 0.6) is 0 Å². The van der Waals surface area contributed by atoms with Crippen LogP contribution >= 0.6 is 11.3 Å². The number of likely N-dealkylation sites (tertiary alicyclic amines) is 1. The van der Waals surface area contributed by atoms with Crippen molar-refractivity contribution in [3.63, 3.8) is 0 Å². The molecule has 2 aromatic rings. The van der Waals surface area contributed by atoms with Crippen LogP contribution in [0.25, 0.3) is 10.2 Å². The smallest absolute Gasteiger partial charge is 0.348 e. The molecule has 2 aromatic heterocycles. The van der Waals surface area contributed by atoms with Gasteiger partial charge in [-0.25, -0.2) is 14.8 Å². The Balaban J connectivity index is 1.69. The van der Waals surface area contributed by atoms with Gasteiger partial charge in [0.2, 0.25) is 0 Å². The molecule has 0 amide bonds. The normalized spacial score (nSPS) is 21.0. The van der Waals surface area contributed by atoms with E-state index in [1.165, 1.54) is 43.7 Å². The lowest BCUT2D eigenvalue weighted by Crippen LogP contribution is -2.35. The second-order valence-electron chi connectivity index (χ2n) is 7.18. The number of esters is 1. The van der Waals surface area contributed by atoms with E-state index in [1.54, 1.807) is 0 Å². The summed E-state index contributed by atoms with van der Waals surface area (Å²) in [5.41, 5.74) is 0.947. The van der Waals surface area contributed by atoms with E-state index in [1.807, 2.05) is 20.8 Å². The van der Waals surface area contributed by atoms with Crippen LogP contribution in [0.3, 0.4) is 0 Å². The van der Waals surface area contributed by atoms with Crippen LogP contribution in [-0.4, -0.2) is 59.7 Å². The highest BCUT2D eigenvalue weighted by Crippen LogP contribution is 2.37. The number of aromatic nitrogens is 2. The number of carbonyl (C=O) groups is 1. The average Bonchev–Trinajstić information content (AvgIpc) is 3.34. The minimum absolute atomic E-state index is 0.257. The van der Waals surface area contributed by atoms with Crippen molar-refractivity contribution in [3.8, 4) is 0 Å². The molecule has 0 saturated carbocycles. The predicted octanol–water partition coefficient (Wildman–Crippen LogP) is 3.16. The lowest BCUT2D eigenvalue weighted by molar-refractivity contribution is 0.0531. The van der Waals surface area contributed by atoms with Gasteiger partial charge in [-0.2, -0.15) is 0 Å². The third kappa shape index (κ3) is 3.07. The van der Waals surface area contributed by atoms with Crippen LogP contribution in [0, 0.1) is 13.8 Å². The Morgan fingerprint density at radius 2 is 2.00 bits per heavy atom. The highest BCUT2D eigenvalue weighted by Gasteiger charge is 2.32. The lowest BCUT2D eigenvalue weighted by atomic mass is 10.2. The molecule has 140 valence electrons.